The third kappa shape index (κ3) is 3.86. The number of aromatic amines is 1. The van der Waals surface area contributed by atoms with Crippen LogP contribution in [0, 0.1) is 0 Å². The lowest BCUT2D eigenvalue weighted by atomic mass is 10.0. The summed E-state index contributed by atoms with van der Waals surface area (Å²) in [6, 6.07) is 26.7. The molecule has 0 unspecified atom stereocenters. The molecule has 0 saturated carbocycles. The molecule has 0 amide bonds. The SMILES string of the molecule is COc1ccc(-c2c(Nc3nonc3N)nc3c(-c4ccccc4)c(-c4ccccc4)[nH]n3c2=O)cc1. The highest BCUT2D eigenvalue weighted by Gasteiger charge is 2.23. The van der Waals surface area contributed by atoms with E-state index in [0.717, 1.165) is 22.4 Å². The number of H-pyrrole nitrogens is 1. The number of nitrogen functional groups attached to an aromatic ring is 1. The van der Waals surface area contributed by atoms with Crippen LogP contribution >= 0.6 is 0 Å². The van der Waals surface area contributed by atoms with Crippen LogP contribution in [-0.4, -0.2) is 32.0 Å². The van der Waals surface area contributed by atoms with Crippen molar-refractivity contribution in [2.45, 2.75) is 0 Å². The van der Waals surface area contributed by atoms with Crippen LogP contribution in [0.5, 0.6) is 5.75 Å². The highest BCUT2D eigenvalue weighted by atomic mass is 16.6. The van der Waals surface area contributed by atoms with E-state index >= 15 is 0 Å². The molecule has 6 aromatic rings. The second-order valence-corrected chi connectivity index (χ2v) is 8.25. The Morgan fingerprint density at radius 1 is 0.838 bits per heavy atom. The average molecular weight is 492 g/mol. The van der Waals surface area contributed by atoms with Crippen molar-refractivity contribution in [2.24, 2.45) is 0 Å². The number of anilines is 3. The van der Waals surface area contributed by atoms with E-state index in [0.29, 0.717) is 22.5 Å². The van der Waals surface area contributed by atoms with Crippen molar-refractivity contribution in [3.63, 3.8) is 0 Å². The second-order valence-electron chi connectivity index (χ2n) is 8.25. The van der Waals surface area contributed by atoms with E-state index in [2.05, 4.69) is 20.7 Å². The maximum absolute atomic E-state index is 14.1. The standard InChI is InChI=1S/C27H21N7O3/c1-36-19-14-12-17(13-15-19)21-24(29-25-23(28)32-37-33-25)30-26-20(16-8-4-2-5-9-16)22(31-34(26)27(21)35)18-10-6-3-7-11-18/h2-15,31H,1H3,(H2,28,32)(H,29,33). The molecule has 4 N–H and O–H groups in total. The zero-order chi connectivity index (χ0) is 25.4. The van der Waals surface area contributed by atoms with E-state index in [-0.39, 0.29) is 23.0 Å². The van der Waals surface area contributed by atoms with Crippen LogP contribution < -0.4 is 21.3 Å². The normalized spacial score (nSPS) is 11.1. The maximum atomic E-state index is 14.1. The zero-order valence-corrected chi connectivity index (χ0v) is 19.7. The molecule has 3 aromatic heterocycles. The number of methoxy groups -OCH3 is 1. The van der Waals surface area contributed by atoms with Crippen molar-refractivity contribution in [2.75, 3.05) is 18.2 Å². The zero-order valence-electron chi connectivity index (χ0n) is 19.7. The first-order chi connectivity index (χ1) is 18.1. The lowest BCUT2D eigenvalue weighted by Crippen LogP contribution is -2.20. The molecular formula is C27H21N7O3. The Kier molecular flexibility index (Phi) is 5.38. The van der Waals surface area contributed by atoms with Gasteiger partial charge < -0.3 is 15.8 Å². The average Bonchev–Trinajstić information content (AvgIpc) is 3.53. The van der Waals surface area contributed by atoms with Gasteiger partial charge in [0.05, 0.1) is 23.9 Å². The van der Waals surface area contributed by atoms with Gasteiger partial charge in [-0.25, -0.2) is 9.61 Å². The van der Waals surface area contributed by atoms with Crippen molar-refractivity contribution in [1.82, 2.24) is 24.9 Å². The third-order valence-corrected chi connectivity index (χ3v) is 6.03. The third-order valence-electron chi connectivity index (χ3n) is 6.03. The lowest BCUT2D eigenvalue weighted by Gasteiger charge is -2.11. The van der Waals surface area contributed by atoms with Crippen molar-refractivity contribution < 1.29 is 9.37 Å². The fourth-order valence-electron chi connectivity index (χ4n) is 4.27. The molecule has 3 heterocycles. The lowest BCUT2D eigenvalue weighted by molar-refractivity contribution is 0.311. The molecule has 182 valence electrons. The van der Waals surface area contributed by atoms with Gasteiger partial charge in [0.2, 0.25) is 11.6 Å². The topological polar surface area (TPSA) is 136 Å². The summed E-state index contributed by atoms with van der Waals surface area (Å²) in [7, 11) is 1.58. The Morgan fingerprint density at radius 3 is 2.11 bits per heavy atom. The van der Waals surface area contributed by atoms with Crippen molar-refractivity contribution >= 4 is 23.1 Å². The first-order valence-electron chi connectivity index (χ1n) is 11.4. The monoisotopic (exact) mass is 491 g/mol. The molecule has 10 heteroatoms. The van der Waals surface area contributed by atoms with Gasteiger partial charge in [-0.05, 0) is 33.6 Å². The van der Waals surface area contributed by atoms with Crippen LogP contribution in [0.25, 0.3) is 39.2 Å². The molecule has 10 nitrogen and oxygen atoms in total. The molecule has 0 atom stereocenters. The van der Waals surface area contributed by atoms with E-state index in [1.165, 1.54) is 4.52 Å². The van der Waals surface area contributed by atoms with Gasteiger partial charge in [-0.1, -0.05) is 72.8 Å². The van der Waals surface area contributed by atoms with E-state index in [1.807, 2.05) is 60.7 Å². The van der Waals surface area contributed by atoms with Crippen LogP contribution in [0.3, 0.4) is 0 Å². The number of rotatable bonds is 6. The van der Waals surface area contributed by atoms with Crippen molar-refractivity contribution in [3.05, 3.63) is 95.3 Å². The highest BCUT2D eigenvalue weighted by molar-refractivity contribution is 5.92. The molecular weight excluding hydrogens is 470 g/mol. The van der Waals surface area contributed by atoms with Crippen LogP contribution in [0.15, 0.2) is 94.4 Å². The first kappa shape index (κ1) is 22.1. The number of fused-ring (bicyclic) bond motifs is 1. The summed E-state index contributed by atoms with van der Waals surface area (Å²) in [5, 5.41) is 13.8. The summed E-state index contributed by atoms with van der Waals surface area (Å²) in [6.07, 6.45) is 0. The number of ether oxygens (including phenoxy) is 1. The summed E-state index contributed by atoms with van der Waals surface area (Å²) >= 11 is 0. The van der Waals surface area contributed by atoms with Gasteiger partial charge >= 0.3 is 0 Å². The van der Waals surface area contributed by atoms with E-state index < -0.39 is 0 Å². The number of hydrogen-bond acceptors (Lipinski definition) is 8. The van der Waals surface area contributed by atoms with Gasteiger partial charge in [0, 0.05) is 5.56 Å². The Balaban J connectivity index is 1.68. The number of nitrogens with two attached hydrogens (primary N) is 1. The summed E-state index contributed by atoms with van der Waals surface area (Å²) in [4.78, 5) is 19.0. The molecule has 6 rings (SSSR count). The Morgan fingerprint density at radius 2 is 1.49 bits per heavy atom. The molecule has 0 bridgehead atoms. The maximum Gasteiger partial charge on any atom is 0.282 e. The minimum atomic E-state index is -0.313. The molecule has 0 saturated heterocycles. The number of hydrogen-bond donors (Lipinski definition) is 3. The predicted octanol–water partition coefficient (Wildman–Crippen LogP) is 4.74. The van der Waals surface area contributed by atoms with Gasteiger partial charge in [0.1, 0.15) is 11.6 Å². The van der Waals surface area contributed by atoms with E-state index in [1.54, 1.807) is 31.4 Å². The minimum absolute atomic E-state index is 0.0463. The summed E-state index contributed by atoms with van der Waals surface area (Å²) < 4.78 is 11.5. The molecule has 0 aliphatic heterocycles. The van der Waals surface area contributed by atoms with Gasteiger partial charge in [0.15, 0.2) is 5.65 Å². The summed E-state index contributed by atoms with van der Waals surface area (Å²) in [5.74, 6) is 1.12. The van der Waals surface area contributed by atoms with Gasteiger partial charge in [-0.15, -0.1) is 0 Å². The molecule has 0 spiro atoms. The van der Waals surface area contributed by atoms with Crippen LogP contribution in [0.4, 0.5) is 17.5 Å². The minimum Gasteiger partial charge on any atom is -0.497 e. The largest absolute Gasteiger partial charge is 0.497 e. The van der Waals surface area contributed by atoms with E-state index in [9.17, 15) is 4.79 Å². The Hall–Kier alpha value is -5.38. The highest BCUT2D eigenvalue weighted by Crippen LogP contribution is 2.36. The second kappa shape index (κ2) is 9.00. The van der Waals surface area contributed by atoms with Gasteiger partial charge in [-0.2, -0.15) is 4.52 Å². The van der Waals surface area contributed by atoms with Crippen LogP contribution in [-0.2, 0) is 0 Å². The first-order valence-corrected chi connectivity index (χ1v) is 11.4. The van der Waals surface area contributed by atoms with Crippen LogP contribution in [0.1, 0.15) is 0 Å². The summed E-state index contributed by atoms with van der Waals surface area (Å²) in [6.45, 7) is 0. The Labute approximate surface area is 210 Å². The van der Waals surface area contributed by atoms with E-state index in [4.69, 9.17) is 20.1 Å². The van der Waals surface area contributed by atoms with Crippen LogP contribution in [0.2, 0.25) is 0 Å². The molecule has 0 aliphatic rings. The molecule has 0 radical (unpaired) electrons. The van der Waals surface area contributed by atoms with Gasteiger partial charge in [0.25, 0.3) is 5.56 Å². The van der Waals surface area contributed by atoms with Crippen molar-refractivity contribution in [3.8, 4) is 39.3 Å². The molecule has 0 fully saturated rings. The molecule has 37 heavy (non-hydrogen) atoms. The summed E-state index contributed by atoms with van der Waals surface area (Å²) in [5.41, 5.74) is 10.3. The quantitative estimate of drug-likeness (QED) is 0.304. The smallest absolute Gasteiger partial charge is 0.282 e. The van der Waals surface area contributed by atoms with Gasteiger partial charge in [-0.3, -0.25) is 9.89 Å². The number of nitrogens with one attached hydrogen (secondary N) is 2. The fraction of sp³-hybridized carbons (Fsp3) is 0.0370. The number of aromatic nitrogens is 5. The fourth-order valence-corrected chi connectivity index (χ4v) is 4.27. The Bertz CT molecular complexity index is 1760. The predicted molar refractivity (Wildman–Crippen MR) is 141 cm³/mol. The van der Waals surface area contributed by atoms with Crippen molar-refractivity contribution in [1.29, 1.82) is 0 Å². The molecule has 0 aliphatic carbocycles. The number of benzene rings is 3. The molecule has 3 aromatic carbocycles. The number of nitrogens with zero attached hydrogens (tertiary/aromatic N) is 4.